The fourth-order valence-corrected chi connectivity index (χ4v) is 3.60. The van der Waals surface area contributed by atoms with E-state index in [9.17, 15) is 14.4 Å². The third-order valence-electron chi connectivity index (χ3n) is 4.69. The van der Waals surface area contributed by atoms with Crippen molar-refractivity contribution in [1.82, 2.24) is 10.0 Å². The van der Waals surface area contributed by atoms with Gasteiger partial charge in [-0.25, -0.2) is 5.01 Å². The number of aryl methyl sites for hydroxylation is 1. The van der Waals surface area contributed by atoms with Crippen LogP contribution in [0.5, 0.6) is 0 Å². The Morgan fingerprint density at radius 1 is 0.963 bits per heavy atom. The zero-order valence-electron chi connectivity index (χ0n) is 14.7. The van der Waals surface area contributed by atoms with Crippen molar-refractivity contribution in [3.63, 3.8) is 0 Å². The highest BCUT2D eigenvalue weighted by Gasteiger charge is 2.37. The molecule has 4 rings (SSSR count). The lowest BCUT2D eigenvalue weighted by Gasteiger charge is -2.33. The lowest BCUT2D eigenvalue weighted by molar-refractivity contribution is 0.00893. The van der Waals surface area contributed by atoms with Gasteiger partial charge in [0.05, 0.1) is 11.1 Å². The van der Waals surface area contributed by atoms with Crippen LogP contribution in [-0.2, 0) is 0 Å². The quantitative estimate of drug-likeness (QED) is 0.631. The highest BCUT2D eigenvalue weighted by Crippen LogP contribution is 2.34. The zero-order chi connectivity index (χ0) is 19.3. The third kappa shape index (κ3) is 2.59. The van der Waals surface area contributed by atoms with E-state index in [1.54, 1.807) is 48.5 Å². The Morgan fingerprint density at radius 3 is 2.33 bits per heavy atom. The third-order valence-corrected chi connectivity index (χ3v) is 5.02. The normalized spacial score (nSPS) is 13.2. The topological polar surface area (TPSA) is 57.7 Å². The SMILES string of the molecule is Cc1cccc(C(=O)N(C)N2C(=O)c3cccc4c(Cl)ccc(c34)C2=O)c1. The molecular formula is C21H15ClN2O3. The minimum atomic E-state index is -0.552. The standard InChI is InChI=1S/C21H15ClN2O3/c1-12-5-3-6-13(11-12)19(25)23(2)24-20(26)15-8-4-7-14-17(22)10-9-16(18(14)15)21(24)27/h3-11H,1-2H3. The Labute approximate surface area is 160 Å². The summed E-state index contributed by atoms with van der Waals surface area (Å²) in [4.78, 5) is 38.9. The number of halogens is 1. The number of carbonyl (C=O) groups is 3. The molecule has 0 saturated heterocycles. The molecule has 3 aromatic carbocycles. The van der Waals surface area contributed by atoms with Gasteiger partial charge >= 0.3 is 0 Å². The van der Waals surface area contributed by atoms with Crippen molar-refractivity contribution in [2.24, 2.45) is 0 Å². The van der Waals surface area contributed by atoms with Gasteiger partial charge in [-0.1, -0.05) is 41.4 Å². The van der Waals surface area contributed by atoms with E-state index in [0.717, 1.165) is 15.6 Å². The van der Waals surface area contributed by atoms with Crippen LogP contribution in [0.15, 0.2) is 54.6 Å². The van der Waals surface area contributed by atoms with Crippen LogP contribution in [-0.4, -0.2) is 34.8 Å². The minimum absolute atomic E-state index is 0.341. The lowest BCUT2D eigenvalue weighted by atomic mass is 9.95. The van der Waals surface area contributed by atoms with Crippen molar-refractivity contribution >= 4 is 40.1 Å². The minimum Gasteiger partial charge on any atom is -0.267 e. The molecular weight excluding hydrogens is 364 g/mol. The molecule has 5 nitrogen and oxygen atoms in total. The van der Waals surface area contributed by atoms with Crippen LogP contribution in [0.4, 0.5) is 0 Å². The predicted molar refractivity (Wildman–Crippen MR) is 103 cm³/mol. The number of benzene rings is 3. The smallest absolute Gasteiger partial charge is 0.267 e. The first-order chi connectivity index (χ1) is 12.9. The van der Waals surface area contributed by atoms with E-state index in [2.05, 4.69) is 0 Å². The van der Waals surface area contributed by atoms with Gasteiger partial charge in [-0.05, 0) is 37.3 Å². The highest BCUT2D eigenvalue weighted by molar-refractivity contribution is 6.38. The molecule has 0 aliphatic carbocycles. The Hall–Kier alpha value is -3.18. The number of imide groups is 1. The van der Waals surface area contributed by atoms with Gasteiger partial charge in [0.15, 0.2) is 0 Å². The molecule has 1 aliphatic rings. The molecule has 0 radical (unpaired) electrons. The van der Waals surface area contributed by atoms with Crippen LogP contribution in [0.3, 0.4) is 0 Å². The zero-order valence-corrected chi connectivity index (χ0v) is 15.4. The molecule has 0 atom stereocenters. The summed E-state index contributed by atoms with van der Waals surface area (Å²) in [6.07, 6.45) is 0. The van der Waals surface area contributed by atoms with Gasteiger partial charge < -0.3 is 0 Å². The summed E-state index contributed by atoms with van der Waals surface area (Å²) in [6, 6.07) is 15.3. The molecule has 0 unspecified atom stereocenters. The van der Waals surface area contributed by atoms with E-state index in [-0.39, 0.29) is 0 Å². The van der Waals surface area contributed by atoms with Crippen molar-refractivity contribution in [1.29, 1.82) is 0 Å². The van der Waals surface area contributed by atoms with Gasteiger partial charge in [0, 0.05) is 28.4 Å². The van der Waals surface area contributed by atoms with Gasteiger partial charge in [0.2, 0.25) is 0 Å². The molecule has 0 saturated carbocycles. The molecule has 0 N–H and O–H groups in total. The van der Waals surface area contributed by atoms with Gasteiger partial charge in [-0.3, -0.25) is 14.4 Å². The van der Waals surface area contributed by atoms with E-state index < -0.39 is 17.7 Å². The fraction of sp³-hybridized carbons (Fsp3) is 0.0952. The van der Waals surface area contributed by atoms with Crippen molar-refractivity contribution in [2.45, 2.75) is 6.92 Å². The average molecular weight is 379 g/mol. The predicted octanol–water partition coefficient (Wildman–Crippen LogP) is 4.08. The number of nitrogens with zero attached hydrogens (tertiary/aromatic N) is 2. The van der Waals surface area contributed by atoms with Crippen molar-refractivity contribution in [3.8, 4) is 0 Å². The van der Waals surface area contributed by atoms with Gasteiger partial charge in [0.1, 0.15) is 0 Å². The first kappa shape index (κ1) is 17.2. The Bertz CT molecular complexity index is 1120. The van der Waals surface area contributed by atoms with Crippen LogP contribution in [0, 0.1) is 6.92 Å². The summed E-state index contributed by atoms with van der Waals surface area (Å²) in [5, 5.41) is 3.58. The van der Waals surface area contributed by atoms with Crippen molar-refractivity contribution in [3.05, 3.63) is 81.9 Å². The number of rotatable bonds is 2. The van der Waals surface area contributed by atoms with Gasteiger partial charge in [0.25, 0.3) is 17.7 Å². The molecule has 134 valence electrons. The average Bonchev–Trinajstić information content (AvgIpc) is 2.66. The largest absolute Gasteiger partial charge is 0.280 e. The van der Waals surface area contributed by atoms with Crippen molar-refractivity contribution in [2.75, 3.05) is 7.05 Å². The molecule has 3 amide bonds. The Kier molecular flexibility index (Phi) is 3.97. The highest BCUT2D eigenvalue weighted by atomic mass is 35.5. The Morgan fingerprint density at radius 2 is 1.63 bits per heavy atom. The van der Waals surface area contributed by atoms with Crippen LogP contribution in [0.25, 0.3) is 10.8 Å². The first-order valence-corrected chi connectivity index (χ1v) is 8.72. The molecule has 0 fully saturated rings. The molecule has 6 heteroatoms. The van der Waals surface area contributed by atoms with E-state index >= 15 is 0 Å². The molecule has 1 aliphatic heterocycles. The second-order valence-corrected chi connectivity index (χ2v) is 6.85. The van der Waals surface area contributed by atoms with Gasteiger partial charge in [-0.2, -0.15) is 5.01 Å². The molecule has 0 bridgehead atoms. The summed E-state index contributed by atoms with van der Waals surface area (Å²) in [6.45, 7) is 1.87. The van der Waals surface area contributed by atoms with E-state index in [1.165, 1.54) is 7.05 Å². The lowest BCUT2D eigenvalue weighted by Crippen LogP contribution is -2.52. The monoisotopic (exact) mass is 378 g/mol. The number of hydrogen-bond donors (Lipinski definition) is 0. The number of hydrazine groups is 1. The van der Waals surface area contributed by atoms with E-state index in [1.807, 2.05) is 13.0 Å². The fourth-order valence-electron chi connectivity index (χ4n) is 3.38. The second-order valence-electron chi connectivity index (χ2n) is 6.44. The van der Waals surface area contributed by atoms with Crippen molar-refractivity contribution < 1.29 is 14.4 Å². The van der Waals surface area contributed by atoms with Crippen LogP contribution >= 0.6 is 11.6 Å². The summed E-state index contributed by atoms with van der Waals surface area (Å²) in [5.74, 6) is -1.54. The summed E-state index contributed by atoms with van der Waals surface area (Å²) in [7, 11) is 1.42. The number of hydrogen-bond acceptors (Lipinski definition) is 3. The van der Waals surface area contributed by atoms with Crippen LogP contribution < -0.4 is 0 Å². The number of carbonyl (C=O) groups excluding carboxylic acids is 3. The maximum atomic E-state index is 13.0. The summed E-state index contributed by atoms with van der Waals surface area (Å²) < 4.78 is 0. The first-order valence-electron chi connectivity index (χ1n) is 8.35. The molecule has 3 aromatic rings. The van der Waals surface area contributed by atoms with E-state index in [4.69, 9.17) is 11.6 Å². The van der Waals surface area contributed by atoms with E-state index in [0.29, 0.717) is 32.5 Å². The van der Waals surface area contributed by atoms with Crippen LogP contribution in [0.2, 0.25) is 5.02 Å². The molecule has 0 spiro atoms. The maximum absolute atomic E-state index is 13.0. The second kappa shape index (κ2) is 6.21. The molecule has 1 heterocycles. The molecule has 0 aromatic heterocycles. The summed E-state index contributed by atoms with van der Waals surface area (Å²) in [5.41, 5.74) is 2.00. The molecule has 27 heavy (non-hydrogen) atoms. The van der Waals surface area contributed by atoms with Crippen LogP contribution in [0.1, 0.15) is 36.6 Å². The Balaban J connectivity index is 1.82. The maximum Gasteiger partial charge on any atom is 0.280 e. The number of amides is 3. The van der Waals surface area contributed by atoms with Gasteiger partial charge in [-0.15, -0.1) is 0 Å². The summed E-state index contributed by atoms with van der Waals surface area (Å²) >= 11 is 6.22.